The van der Waals surface area contributed by atoms with Crippen LogP contribution in [0.25, 0.3) is 0 Å². The summed E-state index contributed by atoms with van der Waals surface area (Å²) in [6.07, 6.45) is 1.71. The van der Waals surface area contributed by atoms with Crippen molar-refractivity contribution in [3.8, 4) is 0 Å². The van der Waals surface area contributed by atoms with E-state index in [2.05, 4.69) is 15.6 Å². The predicted octanol–water partition coefficient (Wildman–Crippen LogP) is 0.308. The number of anilines is 1. The second-order valence-electron chi connectivity index (χ2n) is 4.20. The SMILES string of the molecule is CC(C)NC(=O)CCNC(=O)c1cc(N)ccn1. The molecule has 0 aliphatic heterocycles. The zero-order valence-corrected chi connectivity index (χ0v) is 10.6. The van der Waals surface area contributed by atoms with Crippen LogP contribution in [0.1, 0.15) is 30.8 Å². The van der Waals surface area contributed by atoms with E-state index in [0.717, 1.165) is 0 Å². The van der Waals surface area contributed by atoms with E-state index in [1.165, 1.54) is 12.3 Å². The predicted molar refractivity (Wildman–Crippen MR) is 68.9 cm³/mol. The lowest BCUT2D eigenvalue weighted by Gasteiger charge is -2.08. The van der Waals surface area contributed by atoms with Gasteiger partial charge in [-0.1, -0.05) is 0 Å². The average Bonchev–Trinajstić information content (AvgIpc) is 2.27. The summed E-state index contributed by atoms with van der Waals surface area (Å²) < 4.78 is 0. The van der Waals surface area contributed by atoms with Crippen LogP contribution in [0.4, 0.5) is 5.69 Å². The Morgan fingerprint density at radius 3 is 2.78 bits per heavy atom. The van der Waals surface area contributed by atoms with Gasteiger partial charge in [0.15, 0.2) is 0 Å². The van der Waals surface area contributed by atoms with Gasteiger partial charge in [0.05, 0.1) is 0 Å². The highest BCUT2D eigenvalue weighted by atomic mass is 16.2. The van der Waals surface area contributed by atoms with Gasteiger partial charge < -0.3 is 16.4 Å². The maximum atomic E-state index is 11.6. The topological polar surface area (TPSA) is 97.1 Å². The van der Waals surface area contributed by atoms with Crippen LogP contribution in [0.15, 0.2) is 18.3 Å². The summed E-state index contributed by atoms with van der Waals surface area (Å²) in [5.41, 5.74) is 6.27. The molecule has 0 aliphatic rings. The van der Waals surface area contributed by atoms with Crippen molar-refractivity contribution >= 4 is 17.5 Å². The van der Waals surface area contributed by atoms with Crippen molar-refractivity contribution in [1.29, 1.82) is 0 Å². The highest BCUT2D eigenvalue weighted by Crippen LogP contribution is 2.02. The Balaban J connectivity index is 2.36. The van der Waals surface area contributed by atoms with E-state index in [1.807, 2.05) is 13.8 Å². The molecule has 0 fully saturated rings. The first-order valence-corrected chi connectivity index (χ1v) is 5.78. The highest BCUT2D eigenvalue weighted by molar-refractivity contribution is 5.93. The van der Waals surface area contributed by atoms with Crippen LogP contribution in [0, 0.1) is 0 Å². The molecule has 0 unspecified atom stereocenters. The summed E-state index contributed by atoms with van der Waals surface area (Å²) >= 11 is 0. The number of hydrogen-bond donors (Lipinski definition) is 3. The van der Waals surface area contributed by atoms with Gasteiger partial charge in [-0.05, 0) is 26.0 Å². The summed E-state index contributed by atoms with van der Waals surface area (Å²) in [6.45, 7) is 4.04. The normalized spacial score (nSPS) is 10.2. The summed E-state index contributed by atoms with van der Waals surface area (Å²) in [7, 11) is 0. The number of aromatic nitrogens is 1. The lowest BCUT2D eigenvalue weighted by molar-refractivity contribution is -0.121. The number of nitrogen functional groups attached to an aromatic ring is 1. The fourth-order valence-electron chi connectivity index (χ4n) is 1.35. The molecule has 6 nitrogen and oxygen atoms in total. The van der Waals surface area contributed by atoms with Gasteiger partial charge in [0.25, 0.3) is 5.91 Å². The molecule has 0 aliphatic carbocycles. The van der Waals surface area contributed by atoms with Crippen LogP contribution in [0.3, 0.4) is 0 Å². The van der Waals surface area contributed by atoms with E-state index in [0.29, 0.717) is 5.69 Å². The minimum Gasteiger partial charge on any atom is -0.399 e. The van der Waals surface area contributed by atoms with Gasteiger partial charge in [0.1, 0.15) is 5.69 Å². The van der Waals surface area contributed by atoms with Crippen molar-refractivity contribution < 1.29 is 9.59 Å². The number of amides is 2. The fourth-order valence-corrected chi connectivity index (χ4v) is 1.35. The number of rotatable bonds is 5. The molecule has 0 aromatic carbocycles. The average molecular weight is 250 g/mol. The third-order valence-corrected chi connectivity index (χ3v) is 2.10. The van der Waals surface area contributed by atoms with E-state index in [9.17, 15) is 9.59 Å². The number of pyridine rings is 1. The third kappa shape index (κ3) is 4.82. The number of nitrogens with one attached hydrogen (secondary N) is 2. The standard InChI is InChI=1S/C12H18N4O2/c1-8(2)16-11(17)4-6-15-12(18)10-7-9(13)3-5-14-10/h3,5,7-8H,4,6H2,1-2H3,(H2,13,14)(H,15,18)(H,16,17). The van der Waals surface area contributed by atoms with Crippen LogP contribution in [-0.2, 0) is 4.79 Å². The first-order chi connectivity index (χ1) is 8.49. The molecule has 2 amide bonds. The van der Waals surface area contributed by atoms with E-state index >= 15 is 0 Å². The minimum atomic E-state index is -0.334. The number of carbonyl (C=O) groups excluding carboxylic acids is 2. The first kappa shape index (κ1) is 14.0. The fraction of sp³-hybridized carbons (Fsp3) is 0.417. The van der Waals surface area contributed by atoms with Crippen molar-refractivity contribution in [3.05, 3.63) is 24.0 Å². The Kier molecular flexibility index (Phi) is 5.10. The second-order valence-corrected chi connectivity index (χ2v) is 4.20. The van der Waals surface area contributed by atoms with Crippen molar-refractivity contribution in [3.63, 3.8) is 0 Å². The Bertz CT molecular complexity index is 432. The second kappa shape index (κ2) is 6.58. The molecule has 18 heavy (non-hydrogen) atoms. The molecular formula is C12H18N4O2. The lowest BCUT2D eigenvalue weighted by atomic mass is 10.3. The van der Waals surface area contributed by atoms with E-state index < -0.39 is 0 Å². The maximum Gasteiger partial charge on any atom is 0.269 e. The first-order valence-electron chi connectivity index (χ1n) is 5.78. The number of nitrogens with zero attached hydrogens (tertiary/aromatic N) is 1. The molecule has 0 saturated heterocycles. The molecule has 1 heterocycles. The van der Waals surface area contributed by atoms with Gasteiger partial charge >= 0.3 is 0 Å². The van der Waals surface area contributed by atoms with Gasteiger partial charge in [-0.25, -0.2) is 0 Å². The summed E-state index contributed by atoms with van der Waals surface area (Å²) in [5, 5.41) is 5.35. The smallest absolute Gasteiger partial charge is 0.269 e. The van der Waals surface area contributed by atoms with Crippen LogP contribution < -0.4 is 16.4 Å². The summed E-state index contributed by atoms with van der Waals surface area (Å²) in [6, 6.07) is 3.19. The van der Waals surface area contributed by atoms with Crippen LogP contribution >= 0.6 is 0 Å². The van der Waals surface area contributed by atoms with Crippen molar-refractivity contribution in [2.24, 2.45) is 0 Å². The van der Waals surface area contributed by atoms with Crippen LogP contribution in [0.5, 0.6) is 0 Å². The summed E-state index contributed by atoms with van der Waals surface area (Å²) in [5.74, 6) is -0.425. The van der Waals surface area contributed by atoms with Crippen molar-refractivity contribution in [2.45, 2.75) is 26.3 Å². The highest BCUT2D eigenvalue weighted by Gasteiger charge is 2.08. The third-order valence-electron chi connectivity index (χ3n) is 2.10. The molecule has 4 N–H and O–H groups in total. The molecule has 98 valence electrons. The molecule has 1 aromatic heterocycles. The number of carbonyl (C=O) groups is 2. The molecule has 0 radical (unpaired) electrons. The van der Waals surface area contributed by atoms with Gasteiger partial charge in [0.2, 0.25) is 5.91 Å². The molecule has 0 bridgehead atoms. The van der Waals surface area contributed by atoms with E-state index in [1.54, 1.807) is 6.07 Å². The Hall–Kier alpha value is -2.11. The lowest BCUT2D eigenvalue weighted by Crippen LogP contribution is -2.34. The quantitative estimate of drug-likeness (QED) is 0.700. The van der Waals surface area contributed by atoms with Gasteiger partial charge in [-0.2, -0.15) is 0 Å². The molecule has 0 atom stereocenters. The van der Waals surface area contributed by atoms with Crippen LogP contribution in [-0.4, -0.2) is 29.4 Å². The summed E-state index contributed by atoms with van der Waals surface area (Å²) in [4.78, 5) is 26.9. The Morgan fingerprint density at radius 2 is 2.17 bits per heavy atom. The Morgan fingerprint density at radius 1 is 1.44 bits per heavy atom. The zero-order valence-electron chi connectivity index (χ0n) is 10.6. The number of nitrogens with two attached hydrogens (primary N) is 1. The zero-order chi connectivity index (χ0) is 13.5. The molecular weight excluding hydrogens is 232 g/mol. The van der Waals surface area contributed by atoms with Gasteiger partial charge in [-0.15, -0.1) is 0 Å². The maximum absolute atomic E-state index is 11.6. The van der Waals surface area contributed by atoms with Gasteiger partial charge in [-0.3, -0.25) is 14.6 Å². The number of hydrogen-bond acceptors (Lipinski definition) is 4. The van der Waals surface area contributed by atoms with Crippen molar-refractivity contribution in [2.75, 3.05) is 12.3 Å². The molecule has 1 rings (SSSR count). The van der Waals surface area contributed by atoms with E-state index in [4.69, 9.17) is 5.73 Å². The largest absolute Gasteiger partial charge is 0.399 e. The van der Waals surface area contributed by atoms with Crippen LogP contribution in [0.2, 0.25) is 0 Å². The monoisotopic (exact) mass is 250 g/mol. The Labute approximate surface area is 106 Å². The molecule has 0 spiro atoms. The van der Waals surface area contributed by atoms with Crippen molar-refractivity contribution in [1.82, 2.24) is 15.6 Å². The van der Waals surface area contributed by atoms with E-state index in [-0.39, 0.29) is 36.5 Å². The van der Waals surface area contributed by atoms with Gasteiger partial charge in [0, 0.05) is 30.9 Å². The molecule has 1 aromatic rings. The molecule has 0 saturated carbocycles. The molecule has 6 heteroatoms. The minimum absolute atomic E-state index is 0.0918.